The largest absolute Gasteiger partial charge is 0.396 e. The van der Waals surface area contributed by atoms with Gasteiger partial charge in [0.2, 0.25) is 0 Å². The third-order valence-electron chi connectivity index (χ3n) is 3.60. The minimum absolute atomic E-state index is 0.713. The van der Waals surface area contributed by atoms with Crippen LogP contribution in [0.2, 0.25) is 0 Å². The van der Waals surface area contributed by atoms with E-state index in [1.165, 1.54) is 5.56 Å². The number of hydrogen-bond donors (Lipinski definition) is 1. The average molecular weight is 278 g/mol. The second-order valence-corrected chi connectivity index (χ2v) is 4.95. The molecule has 0 radical (unpaired) electrons. The molecule has 2 N–H and O–H groups in total. The molecule has 0 spiro atoms. The highest BCUT2D eigenvalue weighted by molar-refractivity contribution is 5.97. The summed E-state index contributed by atoms with van der Waals surface area (Å²) in [7, 11) is 0. The zero-order chi connectivity index (χ0) is 14.7. The van der Waals surface area contributed by atoms with E-state index in [9.17, 15) is 0 Å². The standard InChI is InChI=1S/C17H18N4/c1-2-21(12-13-7-9-19-10-8-13)17-14-5-3-4-6-16(14)20-11-15(17)18/h3-11H,2,12,18H2,1H3. The molecule has 0 saturated carbocycles. The minimum atomic E-state index is 0.713. The Kier molecular flexibility index (Phi) is 3.69. The van der Waals surface area contributed by atoms with Gasteiger partial charge in [0.25, 0.3) is 0 Å². The van der Waals surface area contributed by atoms with Crippen LogP contribution in [0.5, 0.6) is 0 Å². The lowest BCUT2D eigenvalue weighted by Crippen LogP contribution is -2.23. The Bertz CT molecular complexity index is 740. The first kappa shape index (κ1) is 13.4. The van der Waals surface area contributed by atoms with Gasteiger partial charge in [-0.2, -0.15) is 0 Å². The van der Waals surface area contributed by atoms with Gasteiger partial charge in [0.15, 0.2) is 0 Å². The highest BCUT2D eigenvalue weighted by Gasteiger charge is 2.13. The van der Waals surface area contributed by atoms with Gasteiger partial charge >= 0.3 is 0 Å². The van der Waals surface area contributed by atoms with Crippen molar-refractivity contribution in [3.8, 4) is 0 Å². The predicted octanol–water partition coefficient (Wildman–Crippen LogP) is 3.24. The molecule has 3 rings (SSSR count). The number of anilines is 2. The van der Waals surface area contributed by atoms with Crippen LogP contribution in [-0.4, -0.2) is 16.5 Å². The van der Waals surface area contributed by atoms with Crippen LogP contribution in [0.1, 0.15) is 12.5 Å². The topological polar surface area (TPSA) is 55.0 Å². The van der Waals surface area contributed by atoms with E-state index in [1.54, 1.807) is 6.20 Å². The number of rotatable bonds is 4. The number of para-hydroxylation sites is 1. The van der Waals surface area contributed by atoms with Gasteiger partial charge in [-0.25, -0.2) is 0 Å². The summed E-state index contributed by atoms with van der Waals surface area (Å²) in [5, 5.41) is 1.09. The molecule has 0 aliphatic rings. The Balaban J connectivity index is 2.06. The first-order valence-corrected chi connectivity index (χ1v) is 7.06. The fourth-order valence-electron chi connectivity index (χ4n) is 2.55. The van der Waals surface area contributed by atoms with E-state index < -0.39 is 0 Å². The number of nitrogens with zero attached hydrogens (tertiary/aromatic N) is 3. The second-order valence-electron chi connectivity index (χ2n) is 4.95. The number of benzene rings is 1. The lowest BCUT2D eigenvalue weighted by molar-refractivity contribution is 0.835. The van der Waals surface area contributed by atoms with Crippen molar-refractivity contribution >= 4 is 22.3 Å². The Hall–Kier alpha value is -2.62. The van der Waals surface area contributed by atoms with Crippen LogP contribution in [0.25, 0.3) is 10.9 Å². The molecular formula is C17H18N4. The minimum Gasteiger partial charge on any atom is -0.396 e. The van der Waals surface area contributed by atoms with Gasteiger partial charge in [-0.1, -0.05) is 18.2 Å². The molecule has 2 heterocycles. The summed E-state index contributed by atoms with van der Waals surface area (Å²) in [6.45, 7) is 3.81. The van der Waals surface area contributed by atoms with Crippen LogP contribution in [0.3, 0.4) is 0 Å². The molecule has 2 aromatic heterocycles. The van der Waals surface area contributed by atoms with E-state index in [1.807, 2.05) is 42.7 Å². The van der Waals surface area contributed by atoms with Crippen molar-refractivity contribution in [2.45, 2.75) is 13.5 Å². The summed E-state index contributed by atoms with van der Waals surface area (Å²) in [5.41, 5.74) is 10.2. The Morgan fingerprint density at radius 3 is 2.62 bits per heavy atom. The summed E-state index contributed by atoms with van der Waals surface area (Å²) in [5.74, 6) is 0. The summed E-state index contributed by atoms with van der Waals surface area (Å²) < 4.78 is 0. The van der Waals surface area contributed by atoms with Crippen molar-refractivity contribution < 1.29 is 0 Å². The van der Waals surface area contributed by atoms with Crippen molar-refractivity contribution in [3.63, 3.8) is 0 Å². The summed E-state index contributed by atoms with van der Waals surface area (Å²) in [6.07, 6.45) is 5.38. The SMILES string of the molecule is CCN(Cc1ccncc1)c1c(N)cnc2ccccc12. The molecule has 0 unspecified atom stereocenters. The molecule has 0 aliphatic heterocycles. The molecule has 21 heavy (non-hydrogen) atoms. The normalized spacial score (nSPS) is 10.7. The lowest BCUT2D eigenvalue weighted by Gasteiger charge is -2.26. The zero-order valence-corrected chi connectivity index (χ0v) is 12.0. The molecule has 0 bridgehead atoms. The number of nitrogens with two attached hydrogens (primary N) is 1. The Labute approximate surface area is 124 Å². The van der Waals surface area contributed by atoms with E-state index >= 15 is 0 Å². The van der Waals surface area contributed by atoms with Crippen molar-refractivity contribution in [1.29, 1.82) is 0 Å². The van der Waals surface area contributed by atoms with Gasteiger partial charge < -0.3 is 10.6 Å². The van der Waals surface area contributed by atoms with E-state index in [-0.39, 0.29) is 0 Å². The van der Waals surface area contributed by atoms with Crippen LogP contribution in [0.4, 0.5) is 11.4 Å². The van der Waals surface area contributed by atoms with E-state index in [4.69, 9.17) is 5.73 Å². The van der Waals surface area contributed by atoms with Gasteiger partial charge in [-0.15, -0.1) is 0 Å². The highest BCUT2D eigenvalue weighted by atomic mass is 15.1. The number of nitrogen functional groups attached to an aromatic ring is 1. The zero-order valence-electron chi connectivity index (χ0n) is 12.0. The molecule has 0 amide bonds. The van der Waals surface area contributed by atoms with Gasteiger partial charge in [0, 0.05) is 30.9 Å². The van der Waals surface area contributed by atoms with E-state index in [0.717, 1.165) is 29.7 Å². The lowest BCUT2D eigenvalue weighted by atomic mass is 10.1. The first-order valence-electron chi connectivity index (χ1n) is 7.06. The van der Waals surface area contributed by atoms with Gasteiger partial charge in [0.1, 0.15) is 0 Å². The molecule has 0 aliphatic carbocycles. The molecule has 0 atom stereocenters. The molecule has 4 heteroatoms. The smallest absolute Gasteiger partial charge is 0.0745 e. The van der Waals surface area contributed by atoms with Crippen LogP contribution in [-0.2, 0) is 6.54 Å². The number of pyridine rings is 2. The summed E-state index contributed by atoms with van der Waals surface area (Å²) >= 11 is 0. The Morgan fingerprint density at radius 2 is 1.86 bits per heavy atom. The van der Waals surface area contributed by atoms with Crippen LogP contribution >= 0.6 is 0 Å². The predicted molar refractivity (Wildman–Crippen MR) is 87.1 cm³/mol. The maximum absolute atomic E-state index is 6.20. The Morgan fingerprint density at radius 1 is 1.10 bits per heavy atom. The van der Waals surface area contributed by atoms with Crippen molar-refractivity contribution in [3.05, 3.63) is 60.6 Å². The summed E-state index contributed by atoms with van der Waals surface area (Å²) in [4.78, 5) is 10.7. The van der Waals surface area contributed by atoms with Crippen LogP contribution in [0.15, 0.2) is 55.0 Å². The van der Waals surface area contributed by atoms with Gasteiger partial charge in [0.05, 0.1) is 23.1 Å². The monoisotopic (exact) mass is 278 g/mol. The number of aromatic nitrogens is 2. The van der Waals surface area contributed by atoms with Crippen molar-refractivity contribution in [2.75, 3.05) is 17.2 Å². The summed E-state index contributed by atoms with van der Waals surface area (Å²) in [6, 6.07) is 12.2. The van der Waals surface area contributed by atoms with Crippen LogP contribution < -0.4 is 10.6 Å². The molecule has 0 fully saturated rings. The molecule has 3 aromatic rings. The second kappa shape index (κ2) is 5.79. The fraction of sp³-hybridized carbons (Fsp3) is 0.176. The van der Waals surface area contributed by atoms with E-state index in [2.05, 4.69) is 27.9 Å². The maximum atomic E-state index is 6.20. The molecular weight excluding hydrogens is 260 g/mol. The quantitative estimate of drug-likeness (QED) is 0.796. The van der Waals surface area contributed by atoms with Crippen molar-refractivity contribution in [1.82, 2.24) is 9.97 Å². The molecule has 106 valence electrons. The third-order valence-corrected chi connectivity index (χ3v) is 3.60. The van der Waals surface area contributed by atoms with Crippen LogP contribution in [0, 0.1) is 0 Å². The van der Waals surface area contributed by atoms with Gasteiger partial charge in [-0.3, -0.25) is 9.97 Å². The van der Waals surface area contributed by atoms with Gasteiger partial charge in [-0.05, 0) is 30.7 Å². The van der Waals surface area contributed by atoms with E-state index in [0.29, 0.717) is 5.69 Å². The number of fused-ring (bicyclic) bond motifs is 1. The number of hydrogen-bond acceptors (Lipinski definition) is 4. The molecule has 1 aromatic carbocycles. The first-order chi connectivity index (χ1) is 10.3. The molecule has 0 saturated heterocycles. The molecule has 4 nitrogen and oxygen atoms in total. The van der Waals surface area contributed by atoms with Crippen molar-refractivity contribution in [2.24, 2.45) is 0 Å². The third kappa shape index (κ3) is 2.65. The maximum Gasteiger partial charge on any atom is 0.0745 e. The fourth-order valence-corrected chi connectivity index (χ4v) is 2.55. The average Bonchev–Trinajstić information content (AvgIpc) is 2.54. The highest BCUT2D eigenvalue weighted by Crippen LogP contribution is 2.32.